The summed E-state index contributed by atoms with van der Waals surface area (Å²) in [5.74, 6) is -0.120. The summed E-state index contributed by atoms with van der Waals surface area (Å²) in [6, 6.07) is 19.8. The normalized spacial score (nSPS) is 12.9. The minimum absolute atomic E-state index is 0.186. The molecule has 4 aromatic rings. The summed E-state index contributed by atoms with van der Waals surface area (Å²) < 4.78 is 1.88. The molecule has 0 aliphatic carbocycles. The largest absolute Gasteiger partial charge is 0.326 e. The number of amides is 3. The van der Waals surface area contributed by atoms with Crippen molar-refractivity contribution in [1.82, 2.24) is 19.5 Å². The second kappa shape index (κ2) is 8.07. The van der Waals surface area contributed by atoms with E-state index in [9.17, 15) is 14.4 Å². The summed E-state index contributed by atoms with van der Waals surface area (Å²) in [4.78, 5) is 38.5. The molecule has 1 aliphatic rings. The van der Waals surface area contributed by atoms with E-state index in [4.69, 9.17) is 0 Å². The van der Waals surface area contributed by atoms with E-state index in [2.05, 4.69) is 15.5 Å². The highest BCUT2D eigenvalue weighted by atomic mass is 16.2. The molecule has 0 saturated heterocycles. The average molecular weight is 425 g/mol. The van der Waals surface area contributed by atoms with Gasteiger partial charge in [-0.1, -0.05) is 30.3 Å². The molecule has 0 unspecified atom stereocenters. The lowest BCUT2D eigenvalue weighted by atomic mass is 10.1. The van der Waals surface area contributed by atoms with Crippen LogP contribution in [0.25, 0.3) is 17.0 Å². The predicted octanol–water partition coefficient (Wildman–Crippen LogP) is 3.41. The molecule has 5 rings (SSSR count). The first-order valence-electron chi connectivity index (χ1n) is 10.3. The predicted molar refractivity (Wildman–Crippen MR) is 118 cm³/mol. The van der Waals surface area contributed by atoms with Crippen molar-refractivity contribution in [3.05, 3.63) is 84.1 Å². The zero-order chi connectivity index (χ0) is 22.1. The molecule has 158 valence electrons. The number of benzene rings is 2. The van der Waals surface area contributed by atoms with Crippen LogP contribution in [0, 0.1) is 0 Å². The Labute approximate surface area is 183 Å². The standard InChI is InChI=1S/C24H19N5O3/c30-21(12-6-14-29-23(31)18-9-1-2-10-19(18)24(29)32)25-17-8-5-7-16(15-17)22-27-26-20-11-3-4-13-28(20)22/h1-5,7-11,13,15H,6,12,14H2,(H,25,30). The van der Waals surface area contributed by atoms with Crippen LogP contribution in [0.5, 0.6) is 0 Å². The summed E-state index contributed by atoms with van der Waals surface area (Å²) in [6.45, 7) is 0.200. The van der Waals surface area contributed by atoms with Crippen LogP contribution in [0.3, 0.4) is 0 Å². The van der Waals surface area contributed by atoms with Crippen LogP contribution in [0.2, 0.25) is 0 Å². The lowest BCUT2D eigenvalue weighted by Crippen LogP contribution is -2.31. The van der Waals surface area contributed by atoms with Gasteiger partial charge in [0.1, 0.15) is 0 Å². The van der Waals surface area contributed by atoms with Crippen molar-refractivity contribution in [2.75, 3.05) is 11.9 Å². The van der Waals surface area contributed by atoms with E-state index in [1.54, 1.807) is 30.3 Å². The molecule has 3 heterocycles. The smallest absolute Gasteiger partial charge is 0.261 e. The third-order valence-corrected chi connectivity index (χ3v) is 5.38. The second-order valence-corrected chi connectivity index (χ2v) is 7.49. The Morgan fingerprint density at radius 1 is 0.875 bits per heavy atom. The van der Waals surface area contributed by atoms with E-state index in [-0.39, 0.29) is 30.7 Å². The first-order chi connectivity index (χ1) is 15.6. The third-order valence-electron chi connectivity index (χ3n) is 5.38. The van der Waals surface area contributed by atoms with Crippen LogP contribution in [-0.2, 0) is 4.79 Å². The molecule has 0 bridgehead atoms. The van der Waals surface area contributed by atoms with Gasteiger partial charge >= 0.3 is 0 Å². The molecule has 0 fully saturated rings. The van der Waals surface area contributed by atoms with Gasteiger partial charge in [0.15, 0.2) is 11.5 Å². The Morgan fingerprint density at radius 2 is 1.62 bits per heavy atom. The number of anilines is 1. The molecule has 0 saturated carbocycles. The molecule has 1 N–H and O–H groups in total. The molecule has 2 aromatic carbocycles. The van der Waals surface area contributed by atoms with E-state index < -0.39 is 0 Å². The molecule has 0 atom stereocenters. The Balaban J connectivity index is 1.21. The molecular weight excluding hydrogens is 406 g/mol. The number of carbonyl (C=O) groups excluding carboxylic acids is 3. The fourth-order valence-electron chi connectivity index (χ4n) is 3.84. The Bertz CT molecular complexity index is 1330. The van der Waals surface area contributed by atoms with Gasteiger partial charge in [0.05, 0.1) is 11.1 Å². The average Bonchev–Trinajstić information content (AvgIpc) is 3.35. The van der Waals surface area contributed by atoms with Crippen LogP contribution in [-0.4, -0.2) is 43.8 Å². The summed E-state index contributed by atoms with van der Waals surface area (Å²) in [7, 11) is 0. The van der Waals surface area contributed by atoms with Gasteiger partial charge in [-0.15, -0.1) is 10.2 Å². The van der Waals surface area contributed by atoms with Crippen molar-refractivity contribution in [3.8, 4) is 11.4 Å². The van der Waals surface area contributed by atoms with Crippen molar-refractivity contribution >= 4 is 29.1 Å². The summed E-state index contributed by atoms with van der Waals surface area (Å²) in [5, 5.41) is 11.3. The van der Waals surface area contributed by atoms with Crippen LogP contribution in [0.4, 0.5) is 5.69 Å². The quantitative estimate of drug-likeness (QED) is 0.478. The lowest BCUT2D eigenvalue weighted by molar-refractivity contribution is -0.116. The van der Waals surface area contributed by atoms with Crippen molar-refractivity contribution in [2.45, 2.75) is 12.8 Å². The summed E-state index contributed by atoms with van der Waals surface area (Å²) in [6.07, 6.45) is 2.45. The van der Waals surface area contributed by atoms with Crippen molar-refractivity contribution in [2.24, 2.45) is 0 Å². The van der Waals surface area contributed by atoms with Gasteiger partial charge in [-0.3, -0.25) is 23.7 Å². The maximum Gasteiger partial charge on any atom is 0.261 e. The van der Waals surface area contributed by atoms with E-state index in [0.717, 1.165) is 11.2 Å². The van der Waals surface area contributed by atoms with Gasteiger partial charge < -0.3 is 5.32 Å². The van der Waals surface area contributed by atoms with Crippen molar-refractivity contribution in [3.63, 3.8) is 0 Å². The number of nitrogens with one attached hydrogen (secondary N) is 1. The number of pyridine rings is 1. The SMILES string of the molecule is O=C(CCCN1C(=O)c2ccccc2C1=O)Nc1cccc(-c2nnc3ccccn23)c1. The molecule has 1 aliphatic heterocycles. The fraction of sp³-hybridized carbons (Fsp3) is 0.125. The van der Waals surface area contributed by atoms with Crippen LogP contribution < -0.4 is 5.32 Å². The minimum Gasteiger partial charge on any atom is -0.326 e. The highest BCUT2D eigenvalue weighted by Crippen LogP contribution is 2.24. The zero-order valence-electron chi connectivity index (χ0n) is 17.1. The second-order valence-electron chi connectivity index (χ2n) is 7.49. The molecule has 0 radical (unpaired) electrons. The molecule has 3 amide bonds. The fourth-order valence-corrected chi connectivity index (χ4v) is 3.84. The number of carbonyl (C=O) groups is 3. The molecule has 2 aromatic heterocycles. The number of imide groups is 1. The number of nitrogens with zero attached hydrogens (tertiary/aromatic N) is 4. The molecule has 32 heavy (non-hydrogen) atoms. The van der Waals surface area contributed by atoms with E-state index in [1.807, 2.05) is 47.0 Å². The number of rotatable bonds is 6. The first kappa shape index (κ1) is 19.6. The van der Waals surface area contributed by atoms with Crippen LogP contribution in [0.1, 0.15) is 33.6 Å². The highest BCUT2D eigenvalue weighted by Gasteiger charge is 2.34. The monoisotopic (exact) mass is 425 g/mol. The van der Waals surface area contributed by atoms with Crippen LogP contribution >= 0.6 is 0 Å². The first-order valence-corrected chi connectivity index (χ1v) is 10.3. The van der Waals surface area contributed by atoms with E-state index >= 15 is 0 Å². The van der Waals surface area contributed by atoms with Gasteiger partial charge in [-0.25, -0.2) is 0 Å². The molecule has 0 spiro atoms. The van der Waals surface area contributed by atoms with Crippen molar-refractivity contribution < 1.29 is 14.4 Å². The Morgan fingerprint density at radius 3 is 2.41 bits per heavy atom. The van der Waals surface area contributed by atoms with E-state index in [0.29, 0.717) is 29.1 Å². The maximum absolute atomic E-state index is 12.4. The van der Waals surface area contributed by atoms with Gasteiger partial charge in [0.2, 0.25) is 5.91 Å². The number of aromatic nitrogens is 3. The molecule has 8 heteroatoms. The Kier molecular flexibility index (Phi) is 4.95. The van der Waals surface area contributed by atoms with Gasteiger partial charge in [-0.05, 0) is 42.8 Å². The minimum atomic E-state index is -0.306. The topological polar surface area (TPSA) is 96.7 Å². The molecule has 8 nitrogen and oxygen atoms in total. The summed E-state index contributed by atoms with van der Waals surface area (Å²) >= 11 is 0. The Hall–Kier alpha value is -4.33. The number of hydrogen-bond acceptors (Lipinski definition) is 5. The highest BCUT2D eigenvalue weighted by molar-refractivity contribution is 6.21. The maximum atomic E-state index is 12.4. The molecular formula is C24H19N5O3. The van der Waals surface area contributed by atoms with Gasteiger partial charge in [0, 0.05) is 30.4 Å². The van der Waals surface area contributed by atoms with Gasteiger partial charge in [0.25, 0.3) is 11.8 Å². The van der Waals surface area contributed by atoms with E-state index in [1.165, 1.54) is 4.90 Å². The lowest BCUT2D eigenvalue weighted by Gasteiger charge is -2.13. The summed E-state index contributed by atoms with van der Waals surface area (Å²) in [5.41, 5.74) is 3.04. The van der Waals surface area contributed by atoms with Gasteiger partial charge in [-0.2, -0.15) is 0 Å². The van der Waals surface area contributed by atoms with Crippen molar-refractivity contribution in [1.29, 1.82) is 0 Å². The number of fused-ring (bicyclic) bond motifs is 2. The number of hydrogen-bond donors (Lipinski definition) is 1. The zero-order valence-corrected chi connectivity index (χ0v) is 17.1. The third kappa shape index (κ3) is 3.51. The van der Waals surface area contributed by atoms with Crippen LogP contribution in [0.15, 0.2) is 72.9 Å².